The number of urea groups is 1. The molecule has 0 bridgehead atoms. The number of methoxy groups -OCH3 is 1. The first kappa shape index (κ1) is 17.2. The summed E-state index contributed by atoms with van der Waals surface area (Å²) in [6.07, 6.45) is 0. The first-order chi connectivity index (χ1) is 12.4. The Bertz CT molecular complexity index is 944. The molecule has 0 unspecified atom stereocenters. The number of ether oxygens (including phenoxy) is 1. The van der Waals surface area contributed by atoms with Crippen LogP contribution in [-0.4, -0.2) is 45.1 Å². The van der Waals surface area contributed by atoms with Crippen molar-refractivity contribution in [1.29, 1.82) is 0 Å². The topological polar surface area (TPSA) is 66.9 Å². The molecule has 26 heavy (non-hydrogen) atoms. The molecule has 0 spiro atoms. The maximum absolute atomic E-state index is 13.2. The van der Waals surface area contributed by atoms with E-state index in [-0.39, 0.29) is 17.5 Å². The van der Waals surface area contributed by atoms with E-state index in [4.69, 9.17) is 16.3 Å². The highest BCUT2D eigenvalue weighted by molar-refractivity contribution is 7.91. The van der Waals surface area contributed by atoms with Gasteiger partial charge in [-0.25, -0.2) is 13.2 Å². The number of hydrogen-bond acceptors (Lipinski definition) is 4. The molecular formula is C18H17ClN2O4S. The van der Waals surface area contributed by atoms with Crippen LogP contribution in [0.2, 0.25) is 5.02 Å². The molecule has 136 valence electrons. The second-order valence-corrected chi connectivity index (χ2v) is 9.00. The van der Waals surface area contributed by atoms with Gasteiger partial charge in [-0.3, -0.25) is 9.80 Å². The van der Waals surface area contributed by atoms with Crippen LogP contribution >= 0.6 is 11.6 Å². The van der Waals surface area contributed by atoms with Gasteiger partial charge in [0.05, 0.1) is 30.7 Å². The van der Waals surface area contributed by atoms with Gasteiger partial charge in [0.15, 0.2) is 9.84 Å². The molecule has 8 heteroatoms. The lowest BCUT2D eigenvalue weighted by atomic mass is 10.1. The van der Waals surface area contributed by atoms with Crippen molar-refractivity contribution >= 4 is 38.8 Å². The van der Waals surface area contributed by atoms with Crippen LogP contribution in [0.5, 0.6) is 5.75 Å². The largest absolute Gasteiger partial charge is 0.497 e. The van der Waals surface area contributed by atoms with E-state index in [1.807, 2.05) is 0 Å². The highest BCUT2D eigenvalue weighted by atomic mass is 35.5. The van der Waals surface area contributed by atoms with Crippen molar-refractivity contribution in [1.82, 2.24) is 0 Å². The summed E-state index contributed by atoms with van der Waals surface area (Å²) < 4.78 is 29.7. The SMILES string of the molecule is COc1ccc(N2C(=O)N(c3ccc(Cl)cc3)[C@H]3CS(=O)(=O)C[C@H]32)cc1. The third-order valence-electron chi connectivity index (χ3n) is 4.82. The molecule has 0 aromatic heterocycles. The number of amides is 2. The molecule has 2 aliphatic rings. The van der Waals surface area contributed by atoms with Gasteiger partial charge in [-0.15, -0.1) is 0 Å². The van der Waals surface area contributed by atoms with Gasteiger partial charge in [0.25, 0.3) is 0 Å². The average molecular weight is 393 g/mol. The van der Waals surface area contributed by atoms with Gasteiger partial charge >= 0.3 is 6.03 Å². The average Bonchev–Trinajstić information content (AvgIpc) is 3.05. The van der Waals surface area contributed by atoms with Crippen molar-refractivity contribution in [2.75, 3.05) is 28.4 Å². The van der Waals surface area contributed by atoms with Crippen LogP contribution in [0.1, 0.15) is 0 Å². The summed E-state index contributed by atoms with van der Waals surface area (Å²) in [5, 5.41) is 0.558. The van der Waals surface area contributed by atoms with Crippen LogP contribution in [0.3, 0.4) is 0 Å². The smallest absolute Gasteiger partial charge is 0.329 e. The number of carbonyl (C=O) groups is 1. The van der Waals surface area contributed by atoms with E-state index < -0.39 is 21.9 Å². The number of sulfone groups is 1. The predicted molar refractivity (Wildman–Crippen MR) is 101 cm³/mol. The van der Waals surface area contributed by atoms with E-state index in [9.17, 15) is 13.2 Å². The molecule has 2 saturated heterocycles. The number of carbonyl (C=O) groups excluding carboxylic acids is 1. The molecule has 2 heterocycles. The van der Waals surface area contributed by atoms with Crippen molar-refractivity contribution in [3.8, 4) is 5.75 Å². The van der Waals surface area contributed by atoms with Crippen LogP contribution in [0.4, 0.5) is 16.2 Å². The van der Waals surface area contributed by atoms with Crippen molar-refractivity contribution < 1.29 is 17.9 Å². The van der Waals surface area contributed by atoms with Crippen LogP contribution in [0.15, 0.2) is 48.5 Å². The van der Waals surface area contributed by atoms with Crippen LogP contribution in [0.25, 0.3) is 0 Å². The van der Waals surface area contributed by atoms with Crippen molar-refractivity contribution in [2.45, 2.75) is 12.1 Å². The fourth-order valence-corrected chi connectivity index (χ4v) is 5.70. The zero-order valence-corrected chi connectivity index (χ0v) is 15.6. The summed E-state index contributed by atoms with van der Waals surface area (Å²) >= 11 is 5.94. The Kier molecular flexibility index (Phi) is 4.08. The lowest BCUT2D eigenvalue weighted by molar-refractivity contribution is 0.255. The molecule has 0 N–H and O–H groups in total. The quantitative estimate of drug-likeness (QED) is 0.753. The second kappa shape index (κ2) is 6.17. The summed E-state index contributed by atoms with van der Waals surface area (Å²) in [7, 11) is -1.65. The minimum absolute atomic E-state index is 0.0421. The normalized spacial score (nSPS) is 24.0. The Hall–Kier alpha value is -2.25. The fraction of sp³-hybridized carbons (Fsp3) is 0.278. The summed E-state index contributed by atoms with van der Waals surface area (Å²) in [6.45, 7) is 0. The molecule has 2 aromatic rings. The molecule has 0 aliphatic carbocycles. The lowest BCUT2D eigenvalue weighted by Gasteiger charge is -2.23. The van der Waals surface area contributed by atoms with Gasteiger partial charge in [-0.2, -0.15) is 0 Å². The standard InChI is InChI=1S/C18H17ClN2O4S/c1-25-15-8-6-14(7-9-15)21-17-11-26(23,24)10-16(17)20(18(21)22)13-4-2-12(19)3-5-13/h2-9,16-17H,10-11H2,1H3/t16-,17+/m0/s1. The molecular weight excluding hydrogens is 376 g/mol. The Morgan fingerprint density at radius 3 is 1.85 bits per heavy atom. The number of nitrogens with zero attached hydrogens (tertiary/aromatic N) is 2. The van der Waals surface area contributed by atoms with Crippen molar-refractivity contribution in [2.24, 2.45) is 0 Å². The third kappa shape index (κ3) is 2.81. The summed E-state index contributed by atoms with van der Waals surface area (Å²) in [4.78, 5) is 16.3. The molecule has 0 radical (unpaired) electrons. The number of halogens is 1. The minimum atomic E-state index is -3.22. The highest BCUT2D eigenvalue weighted by Crippen LogP contribution is 2.38. The van der Waals surface area contributed by atoms with Gasteiger partial charge in [0.1, 0.15) is 5.75 Å². The van der Waals surface area contributed by atoms with E-state index in [0.717, 1.165) is 0 Å². The molecule has 2 amide bonds. The number of anilines is 2. The highest BCUT2D eigenvalue weighted by Gasteiger charge is 2.54. The van der Waals surface area contributed by atoms with Gasteiger partial charge < -0.3 is 4.74 Å². The van der Waals surface area contributed by atoms with Gasteiger partial charge in [-0.1, -0.05) is 11.6 Å². The monoisotopic (exact) mass is 392 g/mol. The summed E-state index contributed by atoms with van der Waals surface area (Å²) in [5.74, 6) is 0.587. The number of rotatable bonds is 3. The lowest BCUT2D eigenvalue weighted by Crippen LogP contribution is -2.37. The molecule has 6 nitrogen and oxygen atoms in total. The van der Waals surface area contributed by atoms with E-state index in [1.54, 1.807) is 65.4 Å². The van der Waals surface area contributed by atoms with E-state index in [2.05, 4.69) is 0 Å². The van der Waals surface area contributed by atoms with Crippen LogP contribution in [-0.2, 0) is 9.84 Å². The first-order valence-electron chi connectivity index (χ1n) is 8.12. The first-order valence-corrected chi connectivity index (χ1v) is 10.3. The van der Waals surface area contributed by atoms with Crippen molar-refractivity contribution in [3.05, 3.63) is 53.6 Å². The van der Waals surface area contributed by atoms with E-state index in [0.29, 0.717) is 22.1 Å². The van der Waals surface area contributed by atoms with E-state index in [1.165, 1.54) is 0 Å². The maximum atomic E-state index is 13.2. The predicted octanol–water partition coefficient (Wildman–Crippen LogP) is 2.96. The fourth-order valence-electron chi connectivity index (χ4n) is 3.65. The Morgan fingerprint density at radius 1 is 0.923 bits per heavy atom. The molecule has 2 aromatic carbocycles. The molecule has 0 saturated carbocycles. The molecule has 2 aliphatic heterocycles. The zero-order valence-electron chi connectivity index (χ0n) is 14.0. The third-order valence-corrected chi connectivity index (χ3v) is 6.78. The number of benzene rings is 2. The minimum Gasteiger partial charge on any atom is -0.497 e. The number of hydrogen-bond donors (Lipinski definition) is 0. The zero-order chi connectivity index (χ0) is 18.5. The Balaban J connectivity index is 1.77. The Labute approximate surface area is 156 Å². The van der Waals surface area contributed by atoms with Crippen molar-refractivity contribution in [3.63, 3.8) is 0 Å². The second-order valence-electron chi connectivity index (χ2n) is 6.41. The Morgan fingerprint density at radius 2 is 1.38 bits per heavy atom. The van der Waals surface area contributed by atoms with Gasteiger partial charge in [0.2, 0.25) is 0 Å². The summed E-state index contributed by atoms with van der Waals surface area (Å²) in [5.41, 5.74) is 1.29. The van der Waals surface area contributed by atoms with Gasteiger partial charge in [0, 0.05) is 16.4 Å². The molecule has 4 rings (SSSR count). The molecule has 2 atom stereocenters. The van der Waals surface area contributed by atoms with Gasteiger partial charge in [-0.05, 0) is 48.5 Å². The number of fused-ring (bicyclic) bond motifs is 1. The van der Waals surface area contributed by atoms with Crippen LogP contribution < -0.4 is 14.5 Å². The molecule has 2 fully saturated rings. The maximum Gasteiger partial charge on any atom is 0.329 e. The van der Waals surface area contributed by atoms with Crippen LogP contribution in [0, 0.1) is 0 Å². The summed E-state index contributed by atoms with van der Waals surface area (Å²) in [6, 6.07) is 12.8. The van der Waals surface area contributed by atoms with E-state index >= 15 is 0 Å².